The number of ether oxygens (including phenoxy) is 6. The lowest BCUT2D eigenvalue weighted by Crippen LogP contribution is -2.59. The Kier molecular flexibility index (Phi) is 45.7. The van der Waals surface area contributed by atoms with Crippen molar-refractivity contribution in [1.29, 1.82) is 0 Å². The van der Waals surface area contributed by atoms with Gasteiger partial charge in [-0.2, -0.15) is 0 Å². The highest BCUT2D eigenvalue weighted by molar-refractivity contribution is 7.90. The number of nitrogens with one attached hydrogen (secondary N) is 2. The first kappa shape index (κ1) is 105. The Balaban J connectivity index is 0.000000319. The third-order valence-electron chi connectivity index (χ3n) is 24.6. The molecule has 0 aliphatic carbocycles. The number of fused-ring (bicyclic) bond motifs is 2. The second kappa shape index (κ2) is 56.0. The topological polar surface area (TPSA) is 288 Å². The largest absolute Gasteiger partial charge is 0.497 e. The Bertz CT molecular complexity index is 4570. The minimum Gasteiger partial charge on any atom is -0.497 e. The number of imide groups is 2. The molecule has 5 aromatic carbocycles. The highest BCUT2D eigenvalue weighted by Crippen LogP contribution is 2.41. The van der Waals surface area contributed by atoms with Gasteiger partial charge in [-0.1, -0.05) is 327 Å². The van der Waals surface area contributed by atoms with Crippen LogP contribution >= 0.6 is 0 Å². The molecule has 2 N–H and O–H groups in total. The number of hydrogen-bond acceptors (Lipinski definition) is 18. The maximum Gasteiger partial charge on any atom is 0.418 e. The molecule has 0 aromatic heterocycles. The van der Waals surface area contributed by atoms with Crippen LogP contribution in [0.2, 0.25) is 0 Å². The maximum absolute atomic E-state index is 14.9. The van der Waals surface area contributed by atoms with E-state index in [2.05, 4.69) is 38.3 Å². The summed E-state index contributed by atoms with van der Waals surface area (Å²) in [6.45, 7) is 17.7. The van der Waals surface area contributed by atoms with Gasteiger partial charge in [-0.05, 0) is 145 Å². The molecule has 5 aromatic rings. The van der Waals surface area contributed by atoms with E-state index in [0.717, 1.165) is 102 Å². The molecule has 129 heavy (non-hydrogen) atoms. The van der Waals surface area contributed by atoms with Crippen LogP contribution in [-0.2, 0) is 48.7 Å². The number of benzene rings is 5. The van der Waals surface area contributed by atoms with Crippen molar-refractivity contribution in [3.8, 4) is 23.0 Å². The van der Waals surface area contributed by atoms with E-state index in [4.69, 9.17) is 38.4 Å². The molecule has 2 fully saturated rings. The molecule has 4 aliphatic rings. The van der Waals surface area contributed by atoms with Gasteiger partial charge in [0.1, 0.15) is 32.8 Å². The molecular formula is C103H154N8O16S2. The lowest BCUT2D eigenvalue weighted by atomic mass is 9.95. The van der Waals surface area contributed by atoms with Crippen LogP contribution in [0.15, 0.2) is 135 Å². The molecule has 4 aliphatic heterocycles. The Morgan fingerprint density at radius 2 is 0.736 bits per heavy atom. The van der Waals surface area contributed by atoms with Crippen LogP contribution in [0.25, 0.3) is 0 Å². The van der Waals surface area contributed by atoms with Crippen molar-refractivity contribution < 1.29 is 74.0 Å². The summed E-state index contributed by atoms with van der Waals surface area (Å²) in [6, 6.07) is 28.7. The van der Waals surface area contributed by atoms with Gasteiger partial charge in [-0.15, -0.1) is 0 Å². The van der Waals surface area contributed by atoms with E-state index >= 15 is 0 Å². The number of para-hydroxylation sites is 4. The van der Waals surface area contributed by atoms with Crippen LogP contribution in [-0.4, -0.2) is 146 Å². The van der Waals surface area contributed by atoms with Gasteiger partial charge in [0.05, 0.1) is 49.7 Å². The van der Waals surface area contributed by atoms with Gasteiger partial charge in [-0.3, -0.25) is 27.8 Å². The number of carbonyl (C=O) groups excluding carboxylic acids is 6. The Hall–Kier alpha value is -9.04. The first-order valence-electron chi connectivity index (χ1n) is 49.2. The van der Waals surface area contributed by atoms with Gasteiger partial charge in [0.25, 0.3) is 43.7 Å². The number of sulfonamides is 2. The molecule has 3 unspecified atom stereocenters. The number of anilines is 2. The van der Waals surface area contributed by atoms with Crippen LogP contribution in [0, 0.1) is 12.8 Å². The van der Waals surface area contributed by atoms with Gasteiger partial charge in [0, 0.05) is 19.5 Å². The predicted octanol–water partition coefficient (Wildman–Crippen LogP) is 25.4. The average Bonchev–Trinajstić information content (AvgIpc) is 1.72. The summed E-state index contributed by atoms with van der Waals surface area (Å²) in [5.41, 5.74) is -1.54. The zero-order chi connectivity index (χ0) is 92.9. The number of rotatable bonds is 64. The SMILES string of the molecule is CCCCCCCCCCCCCCCCCCN1C(C(C(=O)Nc2cc(C)ccc2OCCCOc2ccc(OC)cc2)N2C(=O)OC(C)(C)C2=O)=Nc2ccccc2S1(=O)=O.CCCCCCCCCCCCCCCCCCN1C(C(C(=O)Nc2ccccc2OCC(CCCCCC)CCCCCCCC)N2C(=O)OC(C)(C)C2=O)=Nc2ccccc2S1(=O)=O. The van der Waals surface area contributed by atoms with E-state index in [9.17, 15) is 45.6 Å². The van der Waals surface area contributed by atoms with Gasteiger partial charge in [-0.25, -0.2) is 46.2 Å². The molecule has 2 saturated heterocycles. The normalized spacial score (nSPS) is 15.9. The Labute approximate surface area is 772 Å². The number of hydrogen-bond donors (Lipinski definition) is 2. The van der Waals surface area contributed by atoms with Gasteiger partial charge in [0.15, 0.2) is 35.0 Å². The highest BCUT2D eigenvalue weighted by Gasteiger charge is 2.57. The number of aliphatic imine (C=N–C) groups is 2. The van der Waals surface area contributed by atoms with Gasteiger partial charge >= 0.3 is 12.2 Å². The van der Waals surface area contributed by atoms with Crippen molar-refractivity contribution in [2.24, 2.45) is 15.9 Å². The van der Waals surface area contributed by atoms with Crippen molar-refractivity contribution in [3.05, 3.63) is 121 Å². The fourth-order valence-electron chi connectivity index (χ4n) is 17.0. The molecule has 0 spiro atoms. The number of carbonyl (C=O) groups is 6. The molecule has 6 amide bonds. The highest BCUT2D eigenvalue weighted by atomic mass is 32.2. The van der Waals surface area contributed by atoms with Crippen molar-refractivity contribution in [1.82, 2.24) is 18.4 Å². The molecule has 0 saturated carbocycles. The summed E-state index contributed by atoms with van der Waals surface area (Å²) in [6.07, 6.45) is 50.1. The standard InChI is InChI=1S/C54H86N4O7S.C49H68N4O9S/c1-6-9-12-15-17-18-19-20-21-22-23-24-25-26-28-35-42-57-50(55-46-39-32-34-41-48(46)66(57,62)63)49(58-52(60)54(4,5)65-53(58)61)51(59)56-45-38-31-33-40-47(45)64-43-44(36-29-14-11-8-3)37-30-27-16-13-10-7-2;1-6-7-8-9-10-11-12-13-14-15-16-17-18-19-20-23-33-52-45(50-40-25-21-22-26-43(40)63(52,57)58)44(53-47(55)49(3,4)62-48(53)56)46(54)51-41-36-37(2)27-32-42(41)61-35-24-34-60-39-30-28-38(59-5)29-31-39/h31-34,38-41,44,49H,6-30,35-37,42-43H2,1-5H3,(H,56,59);21-22,25-32,36,44H,6-20,23-24,33-35H2,1-5H3,(H,51,54). The first-order valence-corrected chi connectivity index (χ1v) is 52.1. The number of cyclic esters (lactones) is 2. The number of amidine groups is 2. The van der Waals surface area contributed by atoms with Crippen molar-refractivity contribution in [2.45, 2.75) is 384 Å². The Morgan fingerprint density at radius 1 is 0.395 bits per heavy atom. The smallest absolute Gasteiger partial charge is 0.418 e. The Morgan fingerprint density at radius 3 is 1.13 bits per heavy atom. The third kappa shape index (κ3) is 33.0. The minimum absolute atomic E-state index is 0.00371. The van der Waals surface area contributed by atoms with E-state index < -0.39 is 79.1 Å². The van der Waals surface area contributed by atoms with Crippen LogP contribution < -0.4 is 29.6 Å². The molecule has 9 rings (SSSR count). The fraction of sp³-hybridized carbons (Fsp3) is 0.631. The zero-order valence-electron chi connectivity index (χ0n) is 79.6. The summed E-state index contributed by atoms with van der Waals surface area (Å²) < 4.78 is 94.8. The van der Waals surface area contributed by atoms with Crippen molar-refractivity contribution in [2.75, 3.05) is 50.7 Å². The number of amides is 6. The summed E-state index contributed by atoms with van der Waals surface area (Å²) in [7, 11) is -6.91. The van der Waals surface area contributed by atoms with E-state index in [0.29, 0.717) is 66.2 Å². The second-order valence-corrected chi connectivity index (χ2v) is 40.0. The van der Waals surface area contributed by atoms with E-state index in [1.807, 2.05) is 43.3 Å². The van der Waals surface area contributed by atoms with Gasteiger partial charge in [0.2, 0.25) is 0 Å². The fourth-order valence-corrected chi connectivity index (χ4v) is 20.3. The first-order chi connectivity index (χ1) is 62.3. The number of nitrogens with zero attached hydrogens (tertiary/aromatic N) is 6. The van der Waals surface area contributed by atoms with Crippen LogP contribution in [0.1, 0.15) is 350 Å². The van der Waals surface area contributed by atoms with Crippen LogP contribution in [0.5, 0.6) is 23.0 Å². The van der Waals surface area contributed by atoms with Crippen molar-refractivity contribution in [3.63, 3.8) is 0 Å². The van der Waals surface area contributed by atoms with E-state index in [1.54, 1.807) is 67.8 Å². The zero-order valence-corrected chi connectivity index (χ0v) is 81.2. The average molecular weight is 1820 g/mol. The van der Waals surface area contributed by atoms with Crippen LogP contribution in [0.4, 0.5) is 32.3 Å². The van der Waals surface area contributed by atoms with E-state index in [-0.39, 0.29) is 58.2 Å². The number of methoxy groups -OCH3 is 1. The maximum atomic E-state index is 14.9. The monoisotopic (exact) mass is 1820 g/mol. The molecule has 714 valence electrons. The molecule has 4 heterocycles. The molecular weight excluding hydrogens is 1670 g/mol. The lowest BCUT2D eigenvalue weighted by molar-refractivity contribution is -0.137. The van der Waals surface area contributed by atoms with E-state index in [1.165, 1.54) is 239 Å². The lowest BCUT2D eigenvalue weighted by Gasteiger charge is -2.35. The molecule has 0 bridgehead atoms. The van der Waals surface area contributed by atoms with Crippen molar-refractivity contribution >= 4 is 90.3 Å². The second-order valence-electron chi connectivity index (χ2n) is 36.3. The van der Waals surface area contributed by atoms with Crippen LogP contribution in [0.3, 0.4) is 0 Å². The number of unbranched alkanes of at least 4 members (excludes halogenated alkanes) is 38. The molecule has 0 radical (unpaired) electrons. The number of aryl methyl sites for hydroxylation is 1. The summed E-state index contributed by atoms with van der Waals surface area (Å²) >= 11 is 0. The quantitative estimate of drug-likeness (QED) is 0.0342. The third-order valence-corrected chi connectivity index (χ3v) is 28.3. The predicted molar refractivity (Wildman–Crippen MR) is 516 cm³/mol. The summed E-state index contributed by atoms with van der Waals surface area (Å²) in [5.74, 6) is -1.17. The molecule has 24 nitrogen and oxygen atoms in total. The minimum atomic E-state index is -4.26. The summed E-state index contributed by atoms with van der Waals surface area (Å²) in [4.78, 5) is 95.6. The molecule has 3 atom stereocenters. The summed E-state index contributed by atoms with van der Waals surface area (Å²) in [5, 5.41) is 5.79. The van der Waals surface area contributed by atoms with Gasteiger partial charge < -0.3 is 39.1 Å². The molecule has 26 heteroatoms.